The summed E-state index contributed by atoms with van der Waals surface area (Å²) in [5, 5.41) is 0. The van der Waals surface area contributed by atoms with Gasteiger partial charge in [0.25, 0.3) is 0 Å². The van der Waals surface area contributed by atoms with Crippen LogP contribution in [0.3, 0.4) is 0 Å². The van der Waals surface area contributed by atoms with Crippen LogP contribution in [-0.2, 0) is 0 Å². The van der Waals surface area contributed by atoms with Crippen molar-refractivity contribution < 1.29 is 0 Å². The Morgan fingerprint density at radius 3 is 2.45 bits per heavy atom. The average molecular weight is 142 g/mol. The Morgan fingerprint density at radius 1 is 1.27 bits per heavy atom. The van der Waals surface area contributed by atoms with Gasteiger partial charge in [0.1, 0.15) is 0 Å². The Balaban J connectivity index is 2.90. The summed E-state index contributed by atoms with van der Waals surface area (Å²) in [6, 6.07) is 8.11. The summed E-state index contributed by atoms with van der Waals surface area (Å²) in [5.41, 5.74) is 2.30. The minimum Gasteiger partial charge on any atom is -0.0906 e. The molecule has 1 aromatic rings. The molecule has 0 spiro atoms. The van der Waals surface area contributed by atoms with Crippen LogP contribution in [0.1, 0.15) is 11.1 Å². The van der Waals surface area contributed by atoms with Gasteiger partial charge in [-0.05, 0) is 25.1 Å². The van der Waals surface area contributed by atoms with Gasteiger partial charge in [-0.3, -0.25) is 0 Å². The number of rotatable bonds is 0. The molecular weight excluding hydrogens is 132 g/mol. The Hall–Kier alpha value is -1.48. The topological polar surface area (TPSA) is 0 Å². The molecule has 0 saturated carbocycles. The first-order chi connectivity index (χ1) is 5.33. The molecule has 11 heavy (non-hydrogen) atoms. The lowest BCUT2D eigenvalue weighted by Gasteiger charge is -1.90. The third-order valence-electron chi connectivity index (χ3n) is 1.37. The molecule has 0 N–H and O–H groups in total. The highest BCUT2D eigenvalue weighted by Crippen LogP contribution is 2.00. The maximum atomic E-state index is 3.52. The van der Waals surface area contributed by atoms with Crippen molar-refractivity contribution in [3.8, 4) is 11.8 Å². The van der Waals surface area contributed by atoms with Gasteiger partial charge in [-0.2, -0.15) is 0 Å². The number of hydrogen-bond acceptors (Lipinski definition) is 0. The molecule has 0 bridgehead atoms. The van der Waals surface area contributed by atoms with E-state index in [1.807, 2.05) is 24.3 Å². The second kappa shape index (κ2) is 3.63. The van der Waals surface area contributed by atoms with Crippen LogP contribution >= 0.6 is 0 Å². The molecule has 0 amide bonds. The summed E-state index contributed by atoms with van der Waals surface area (Å²) in [5.74, 6) is 5.75. The van der Waals surface area contributed by atoms with Gasteiger partial charge in [-0.25, -0.2) is 0 Å². The molecule has 1 rings (SSSR count). The van der Waals surface area contributed by atoms with Crippen LogP contribution in [0.15, 0.2) is 36.9 Å². The minimum atomic E-state index is 1.04. The molecule has 0 radical (unpaired) electrons. The van der Waals surface area contributed by atoms with E-state index < -0.39 is 0 Å². The van der Waals surface area contributed by atoms with Gasteiger partial charge in [-0.15, -0.1) is 0 Å². The molecule has 0 unspecified atom stereocenters. The monoisotopic (exact) mass is 142 g/mol. The third-order valence-corrected chi connectivity index (χ3v) is 1.37. The SMILES string of the molecule is C=CC#Cc1ccc(C)cc1. The molecule has 0 fully saturated rings. The van der Waals surface area contributed by atoms with Crippen molar-refractivity contribution >= 4 is 0 Å². The fraction of sp³-hybridized carbons (Fsp3) is 0.0909. The van der Waals surface area contributed by atoms with Crippen molar-refractivity contribution in [2.45, 2.75) is 6.92 Å². The Morgan fingerprint density at radius 2 is 1.91 bits per heavy atom. The zero-order valence-corrected chi connectivity index (χ0v) is 6.59. The van der Waals surface area contributed by atoms with E-state index in [1.165, 1.54) is 5.56 Å². The number of hydrogen-bond donors (Lipinski definition) is 0. The Labute approximate surface area is 67.6 Å². The van der Waals surface area contributed by atoms with Crippen LogP contribution in [0.4, 0.5) is 0 Å². The molecule has 0 nitrogen and oxygen atoms in total. The maximum Gasteiger partial charge on any atom is 0.0248 e. The van der Waals surface area contributed by atoms with Crippen molar-refractivity contribution in [3.05, 3.63) is 48.0 Å². The molecule has 0 heteroatoms. The van der Waals surface area contributed by atoms with E-state index >= 15 is 0 Å². The summed E-state index contributed by atoms with van der Waals surface area (Å²) >= 11 is 0. The van der Waals surface area contributed by atoms with Gasteiger partial charge in [-0.1, -0.05) is 36.1 Å². The van der Waals surface area contributed by atoms with E-state index in [0.717, 1.165) is 5.56 Å². The lowest BCUT2D eigenvalue weighted by Crippen LogP contribution is -1.73. The Kier molecular flexibility index (Phi) is 2.52. The lowest BCUT2D eigenvalue weighted by molar-refractivity contribution is 1.46. The van der Waals surface area contributed by atoms with Crippen LogP contribution < -0.4 is 0 Å². The predicted octanol–water partition coefficient (Wildman–Crippen LogP) is 2.53. The summed E-state index contributed by atoms with van der Waals surface area (Å²) in [7, 11) is 0. The average Bonchev–Trinajstić information content (AvgIpc) is 2.04. The molecule has 54 valence electrons. The van der Waals surface area contributed by atoms with Crippen molar-refractivity contribution in [1.29, 1.82) is 0 Å². The molecule has 0 heterocycles. The molecule has 0 saturated heterocycles. The van der Waals surface area contributed by atoms with E-state index in [9.17, 15) is 0 Å². The highest BCUT2D eigenvalue weighted by atomic mass is 13.9. The standard InChI is InChI=1S/C11H10/c1-3-4-5-11-8-6-10(2)7-9-11/h3,6-9H,1H2,2H3. The summed E-state index contributed by atoms with van der Waals surface area (Å²) in [6.07, 6.45) is 1.60. The largest absolute Gasteiger partial charge is 0.0906 e. The molecule has 0 aromatic heterocycles. The zero-order chi connectivity index (χ0) is 8.10. The quantitative estimate of drug-likeness (QED) is 0.488. The van der Waals surface area contributed by atoms with E-state index in [-0.39, 0.29) is 0 Å². The summed E-state index contributed by atoms with van der Waals surface area (Å²) < 4.78 is 0. The van der Waals surface area contributed by atoms with Gasteiger partial charge in [0.15, 0.2) is 0 Å². The number of benzene rings is 1. The predicted molar refractivity (Wildman–Crippen MR) is 48.3 cm³/mol. The normalized spacial score (nSPS) is 8.09. The first kappa shape index (κ1) is 7.63. The maximum absolute atomic E-state index is 3.52. The van der Waals surface area contributed by atoms with Crippen LogP contribution in [0.2, 0.25) is 0 Å². The zero-order valence-electron chi connectivity index (χ0n) is 6.59. The van der Waals surface area contributed by atoms with Crippen LogP contribution in [0.5, 0.6) is 0 Å². The van der Waals surface area contributed by atoms with Crippen molar-refractivity contribution in [3.63, 3.8) is 0 Å². The van der Waals surface area contributed by atoms with Crippen LogP contribution in [-0.4, -0.2) is 0 Å². The molecule has 0 atom stereocenters. The third kappa shape index (κ3) is 2.31. The Bertz CT molecular complexity index is 293. The highest BCUT2D eigenvalue weighted by molar-refractivity contribution is 5.37. The van der Waals surface area contributed by atoms with E-state index in [0.29, 0.717) is 0 Å². The van der Waals surface area contributed by atoms with Gasteiger partial charge in [0, 0.05) is 5.56 Å². The van der Waals surface area contributed by atoms with E-state index in [1.54, 1.807) is 6.08 Å². The molecule has 0 aliphatic rings. The summed E-state index contributed by atoms with van der Waals surface area (Å²) in [4.78, 5) is 0. The molecular formula is C11H10. The fourth-order valence-electron chi connectivity index (χ4n) is 0.771. The van der Waals surface area contributed by atoms with E-state index in [4.69, 9.17) is 0 Å². The highest BCUT2D eigenvalue weighted by Gasteiger charge is 1.83. The molecule has 1 aromatic carbocycles. The molecule has 0 aliphatic carbocycles. The summed E-state index contributed by atoms with van der Waals surface area (Å²) in [6.45, 7) is 5.58. The second-order valence-electron chi connectivity index (χ2n) is 2.34. The van der Waals surface area contributed by atoms with Gasteiger partial charge >= 0.3 is 0 Å². The lowest BCUT2D eigenvalue weighted by atomic mass is 10.2. The van der Waals surface area contributed by atoms with Crippen LogP contribution in [0.25, 0.3) is 0 Å². The van der Waals surface area contributed by atoms with Crippen LogP contribution in [0, 0.1) is 18.8 Å². The van der Waals surface area contributed by atoms with E-state index in [2.05, 4.69) is 25.3 Å². The first-order valence-corrected chi connectivity index (χ1v) is 3.52. The minimum absolute atomic E-state index is 1.04. The van der Waals surface area contributed by atoms with Gasteiger partial charge < -0.3 is 0 Å². The number of allylic oxidation sites excluding steroid dienone is 1. The molecule has 0 aliphatic heterocycles. The second-order valence-corrected chi connectivity index (χ2v) is 2.34. The van der Waals surface area contributed by atoms with Crippen molar-refractivity contribution in [2.24, 2.45) is 0 Å². The number of aryl methyl sites for hydroxylation is 1. The van der Waals surface area contributed by atoms with Gasteiger partial charge in [0.05, 0.1) is 0 Å². The first-order valence-electron chi connectivity index (χ1n) is 3.52. The van der Waals surface area contributed by atoms with Gasteiger partial charge in [0.2, 0.25) is 0 Å². The smallest absolute Gasteiger partial charge is 0.0248 e. The van der Waals surface area contributed by atoms with Crippen molar-refractivity contribution in [1.82, 2.24) is 0 Å². The fourth-order valence-corrected chi connectivity index (χ4v) is 0.771. The van der Waals surface area contributed by atoms with Crippen molar-refractivity contribution in [2.75, 3.05) is 0 Å².